The average Bonchev–Trinajstić information content (AvgIpc) is 2.26. The minimum Gasteiger partial charge on any atom is -0.496 e. The number of methoxy groups -OCH3 is 1. The van der Waals surface area contributed by atoms with E-state index in [1.807, 2.05) is 18.2 Å². The minimum absolute atomic E-state index is 0.0867. The summed E-state index contributed by atoms with van der Waals surface area (Å²) in [4.78, 5) is 0. The summed E-state index contributed by atoms with van der Waals surface area (Å²) in [6, 6.07) is 5.64. The molecule has 3 N–H and O–H groups in total. The lowest BCUT2D eigenvalue weighted by atomic mass is 10.0. The molecule has 15 heavy (non-hydrogen) atoms. The smallest absolute Gasteiger partial charge is 0.123 e. The quantitative estimate of drug-likeness (QED) is 0.602. The number of halogens is 1. The molecule has 0 bridgehead atoms. The summed E-state index contributed by atoms with van der Waals surface area (Å²) in [5.41, 5.74) is 3.79. The van der Waals surface area contributed by atoms with Gasteiger partial charge in [0, 0.05) is 16.6 Å². The van der Waals surface area contributed by atoms with Gasteiger partial charge in [0.25, 0.3) is 0 Å². The first-order chi connectivity index (χ1) is 7.22. The second-order valence-corrected chi connectivity index (χ2v) is 3.83. The Balaban J connectivity index is 3.02. The van der Waals surface area contributed by atoms with Gasteiger partial charge in [0.05, 0.1) is 7.11 Å². The van der Waals surface area contributed by atoms with Crippen molar-refractivity contribution in [3.63, 3.8) is 0 Å². The van der Waals surface area contributed by atoms with Crippen molar-refractivity contribution in [3.05, 3.63) is 28.8 Å². The van der Waals surface area contributed by atoms with Crippen molar-refractivity contribution in [2.45, 2.75) is 25.8 Å². The van der Waals surface area contributed by atoms with E-state index in [1.54, 1.807) is 7.11 Å². The molecule has 0 aliphatic rings. The van der Waals surface area contributed by atoms with Crippen LogP contribution in [0.5, 0.6) is 5.75 Å². The molecule has 0 fully saturated rings. The molecule has 0 radical (unpaired) electrons. The van der Waals surface area contributed by atoms with E-state index in [2.05, 4.69) is 12.3 Å². The van der Waals surface area contributed by atoms with E-state index in [0.717, 1.165) is 24.2 Å². The van der Waals surface area contributed by atoms with Crippen molar-refractivity contribution in [1.29, 1.82) is 0 Å². The zero-order chi connectivity index (χ0) is 11.3. The third-order valence-electron chi connectivity index (χ3n) is 2.35. The van der Waals surface area contributed by atoms with Crippen LogP contribution in [0.15, 0.2) is 18.2 Å². The van der Waals surface area contributed by atoms with E-state index in [9.17, 15) is 0 Å². The molecule has 0 saturated heterocycles. The SMILES string of the molecule is CCCC(NN)c1cc(Cl)ccc1OC. The molecule has 3 nitrogen and oxygen atoms in total. The first-order valence-corrected chi connectivity index (χ1v) is 5.40. The zero-order valence-corrected chi connectivity index (χ0v) is 9.84. The van der Waals surface area contributed by atoms with Crippen molar-refractivity contribution < 1.29 is 4.74 Å². The Hall–Kier alpha value is -0.770. The van der Waals surface area contributed by atoms with E-state index < -0.39 is 0 Å². The van der Waals surface area contributed by atoms with Gasteiger partial charge in [-0.3, -0.25) is 11.3 Å². The lowest BCUT2D eigenvalue weighted by molar-refractivity contribution is 0.395. The molecule has 0 amide bonds. The molecule has 0 spiro atoms. The third kappa shape index (κ3) is 3.09. The molecular weight excluding hydrogens is 212 g/mol. The first-order valence-electron chi connectivity index (χ1n) is 5.02. The molecule has 1 aromatic carbocycles. The Bertz CT molecular complexity index is 317. The predicted octanol–water partition coefficient (Wildman–Crippen LogP) is 2.65. The lowest BCUT2D eigenvalue weighted by Crippen LogP contribution is -2.28. The van der Waals surface area contributed by atoms with E-state index in [0.29, 0.717) is 5.02 Å². The van der Waals surface area contributed by atoms with Crippen LogP contribution in [-0.2, 0) is 0 Å². The van der Waals surface area contributed by atoms with E-state index in [1.165, 1.54) is 0 Å². The summed E-state index contributed by atoms with van der Waals surface area (Å²) in [5.74, 6) is 6.33. The molecule has 0 saturated carbocycles. The van der Waals surface area contributed by atoms with Crippen LogP contribution in [0.4, 0.5) is 0 Å². The summed E-state index contributed by atoms with van der Waals surface area (Å²) < 4.78 is 5.28. The van der Waals surface area contributed by atoms with Gasteiger partial charge in [-0.25, -0.2) is 0 Å². The average molecular weight is 229 g/mol. The number of hydrogen-bond donors (Lipinski definition) is 2. The maximum atomic E-state index is 5.95. The Kier molecular flexibility index (Phi) is 4.88. The third-order valence-corrected chi connectivity index (χ3v) is 2.58. The molecule has 1 unspecified atom stereocenters. The number of rotatable bonds is 5. The first kappa shape index (κ1) is 12.3. The molecule has 1 atom stereocenters. The monoisotopic (exact) mass is 228 g/mol. The van der Waals surface area contributed by atoms with Crippen LogP contribution >= 0.6 is 11.6 Å². The van der Waals surface area contributed by atoms with Crippen LogP contribution in [0, 0.1) is 0 Å². The molecular formula is C11H17ClN2O. The Morgan fingerprint density at radius 1 is 1.53 bits per heavy atom. The van der Waals surface area contributed by atoms with Gasteiger partial charge in [-0.05, 0) is 24.6 Å². The summed E-state index contributed by atoms with van der Waals surface area (Å²) in [5, 5.41) is 0.696. The Morgan fingerprint density at radius 2 is 2.27 bits per heavy atom. The standard InChI is InChI=1S/C11H17ClN2O/c1-3-4-10(14-13)9-7-8(12)5-6-11(9)15-2/h5-7,10,14H,3-4,13H2,1-2H3. The summed E-state index contributed by atoms with van der Waals surface area (Å²) in [7, 11) is 1.65. The number of hydrazine groups is 1. The fourth-order valence-electron chi connectivity index (χ4n) is 1.59. The second kappa shape index (κ2) is 5.95. The van der Waals surface area contributed by atoms with E-state index >= 15 is 0 Å². The highest BCUT2D eigenvalue weighted by Gasteiger charge is 2.14. The highest BCUT2D eigenvalue weighted by molar-refractivity contribution is 6.30. The Morgan fingerprint density at radius 3 is 2.80 bits per heavy atom. The van der Waals surface area contributed by atoms with Crippen molar-refractivity contribution in [2.75, 3.05) is 7.11 Å². The molecule has 1 aromatic rings. The van der Waals surface area contributed by atoms with Crippen molar-refractivity contribution >= 4 is 11.6 Å². The maximum absolute atomic E-state index is 5.95. The summed E-state index contributed by atoms with van der Waals surface area (Å²) in [6.45, 7) is 2.11. The number of ether oxygens (including phenoxy) is 1. The van der Waals surface area contributed by atoms with Crippen LogP contribution in [-0.4, -0.2) is 7.11 Å². The van der Waals surface area contributed by atoms with Crippen LogP contribution in [0.25, 0.3) is 0 Å². The topological polar surface area (TPSA) is 47.3 Å². The van der Waals surface area contributed by atoms with Gasteiger partial charge in [-0.1, -0.05) is 24.9 Å². The van der Waals surface area contributed by atoms with Crippen molar-refractivity contribution in [3.8, 4) is 5.75 Å². The second-order valence-electron chi connectivity index (χ2n) is 3.39. The van der Waals surface area contributed by atoms with Gasteiger partial charge in [0.2, 0.25) is 0 Å². The number of hydrogen-bond acceptors (Lipinski definition) is 3. The Labute approximate surface area is 95.5 Å². The number of nitrogens with two attached hydrogens (primary N) is 1. The molecule has 0 heterocycles. The number of benzene rings is 1. The molecule has 0 aliphatic heterocycles. The van der Waals surface area contributed by atoms with Gasteiger partial charge < -0.3 is 4.74 Å². The van der Waals surface area contributed by atoms with Crippen LogP contribution < -0.4 is 16.0 Å². The van der Waals surface area contributed by atoms with Gasteiger partial charge in [0.15, 0.2) is 0 Å². The lowest BCUT2D eigenvalue weighted by Gasteiger charge is -2.18. The van der Waals surface area contributed by atoms with Crippen molar-refractivity contribution in [2.24, 2.45) is 5.84 Å². The van der Waals surface area contributed by atoms with Gasteiger partial charge in [-0.15, -0.1) is 0 Å². The van der Waals surface area contributed by atoms with Gasteiger partial charge >= 0.3 is 0 Å². The molecule has 0 aromatic heterocycles. The zero-order valence-electron chi connectivity index (χ0n) is 9.09. The normalized spacial score (nSPS) is 12.5. The highest BCUT2D eigenvalue weighted by Crippen LogP contribution is 2.30. The summed E-state index contributed by atoms with van der Waals surface area (Å²) >= 11 is 5.95. The molecule has 0 aliphatic carbocycles. The largest absolute Gasteiger partial charge is 0.496 e. The van der Waals surface area contributed by atoms with Crippen molar-refractivity contribution in [1.82, 2.24) is 5.43 Å². The van der Waals surface area contributed by atoms with Crippen LogP contribution in [0.1, 0.15) is 31.4 Å². The number of nitrogens with one attached hydrogen (secondary N) is 1. The summed E-state index contributed by atoms with van der Waals surface area (Å²) in [6.07, 6.45) is 2.00. The maximum Gasteiger partial charge on any atom is 0.123 e. The molecule has 84 valence electrons. The fourth-order valence-corrected chi connectivity index (χ4v) is 1.78. The minimum atomic E-state index is 0.0867. The molecule has 1 rings (SSSR count). The van der Waals surface area contributed by atoms with Gasteiger partial charge in [0.1, 0.15) is 5.75 Å². The fraction of sp³-hybridized carbons (Fsp3) is 0.455. The predicted molar refractivity (Wildman–Crippen MR) is 63.0 cm³/mol. The van der Waals surface area contributed by atoms with Gasteiger partial charge in [-0.2, -0.15) is 0 Å². The van der Waals surface area contributed by atoms with Crippen LogP contribution in [0.3, 0.4) is 0 Å². The highest BCUT2D eigenvalue weighted by atomic mass is 35.5. The van der Waals surface area contributed by atoms with E-state index in [4.69, 9.17) is 22.2 Å². The van der Waals surface area contributed by atoms with Crippen LogP contribution in [0.2, 0.25) is 5.02 Å². The molecule has 4 heteroatoms. The van der Waals surface area contributed by atoms with E-state index in [-0.39, 0.29) is 6.04 Å².